The van der Waals surface area contributed by atoms with E-state index in [1.54, 1.807) is 30.3 Å². The van der Waals surface area contributed by atoms with Gasteiger partial charge in [-0.3, -0.25) is 0 Å². The fourth-order valence-electron chi connectivity index (χ4n) is 2.37. The summed E-state index contributed by atoms with van der Waals surface area (Å²) >= 11 is 0. The van der Waals surface area contributed by atoms with Gasteiger partial charge >= 0.3 is 0 Å². The third kappa shape index (κ3) is 3.44. The fraction of sp³-hybridized carbons (Fsp3) is 0.188. The van der Waals surface area contributed by atoms with Crippen LogP contribution in [0.1, 0.15) is 5.56 Å². The van der Waals surface area contributed by atoms with Crippen molar-refractivity contribution in [3.63, 3.8) is 0 Å². The number of sulfonamides is 1. The molecule has 0 fully saturated rings. The lowest BCUT2D eigenvalue weighted by atomic mass is 10.2. The molecule has 3 rings (SSSR count). The molecule has 1 aromatic heterocycles. The van der Waals surface area contributed by atoms with Crippen LogP contribution in [0.2, 0.25) is 0 Å². The molecule has 0 radical (unpaired) electrons. The van der Waals surface area contributed by atoms with Crippen LogP contribution in [0, 0.1) is 0 Å². The Labute approximate surface area is 146 Å². The average molecular weight is 379 g/mol. The average Bonchev–Trinajstić information content (AvgIpc) is 2.99. The van der Waals surface area contributed by atoms with Crippen molar-refractivity contribution in [1.29, 1.82) is 0 Å². The first-order chi connectivity index (χ1) is 11.7. The van der Waals surface area contributed by atoms with E-state index in [2.05, 4.69) is 9.97 Å². The number of para-hydroxylation sites is 2. The maximum absolute atomic E-state index is 12.6. The summed E-state index contributed by atoms with van der Waals surface area (Å²) in [5.41, 5.74) is 1.57. The predicted molar refractivity (Wildman–Crippen MR) is 94.3 cm³/mol. The predicted octanol–water partition coefficient (Wildman–Crippen LogP) is 1.79. The van der Waals surface area contributed by atoms with E-state index in [4.69, 9.17) is 0 Å². The standard InChI is InChI=1S/C16H17N3O4S2/c1-19(2)25(22,23)13-7-5-6-12(10-13)11-24(20,21)16-17-14-8-3-4-9-15(14)18-16/h3-10H,11H2,1-2H3,(H,17,18). The molecule has 25 heavy (non-hydrogen) atoms. The molecule has 1 heterocycles. The normalized spacial score (nSPS) is 12.8. The van der Waals surface area contributed by atoms with Crippen molar-refractivity contribution in [2.75, 3.05) is 14.1 Å². The number of rotatable bonds is 5. The number of hydrogen-bond acceptors (Lipinski definition) is 5. The summed E-state index contributed by atoms with van der Waals surface area (Å²) in [6, 6.07) is 12.9. The van der Waals surface area contributed by atoms with Crippen LogP contribution >= 0.6 is 0 Å². The molecule has 0 saturated heterocycles. The summed E-state index contributed by atoms with van der Waals surface area (Å²) in [5, 5.41) is -0.130. The number of aromatic amines is 1. The molecule has 0 unspecified atom stereocenters. The molecule has 7 nitrogen and oxygen atoms in total. The summed E-state index contributed by atoms with van der Waals surface area (Å²) in [7, 11) is -4.51. The lowest BCUT2D eigenvalue weighted by Crippen LogP contribution is -2.22. The van der Waals surface area contributed by atoms with Gasteiger partial charge in [-0.2, -0.15) is 0 Å². The Hall–Kier alpha value is -2.23. The molecule has 0 saturated carbocycles. The van der Waals surface area contributed by atoms with E-state index in [-0.39, 0.29) is 15.8 Å². The Morgan fingerprint density at radius 3 is 2.40 bits per heavy atom. The number of H-pyrrole nitrogens is 1. The lowest BCUT2D eigenvalue weighted by Gasteiger charge is -2.12. The zero-order chi connectivity index (χ0) is 18.2. The van der Waals surface area contributed by atoms with Gasteiger partial charge < -0.3 is 4.98 Å². The minimum atomic E-state index is -3.73. The van der Waals surface area contributed by atoms with E-state index < -0.39 is 19.9 Å². The van der Waals surface area contributed by atoms with Crippen molar-refractivity contribution in [3.05, 3.63) is 54.1 Å². The van der Waals surface area contributed by atoms with E-state index in [1.165, 1.54) is 32.3 Å². The number of aromatic nitrogens is 2. The van der Waals surface area contributed by atoms with Gasteiger partial charge in [0.1, 0.15) is 0 Å². The van der Waals surface area contributed by atoms with Crippen LogP contribution in [0.4, 0.5) is 0 Å². The van der Waals surface area contributed by atoms with Crippen molar-refractivity contribution in [3.8, 4) is 0 Å². The van der Waals surface area contributed by atoms with Crippen molar-refractivity contribution in [2.24, 2.45) is 0 Å². The highest BCUT2D eigenvalue weighted by Crippen LogP contribution is 2.20. The summed E-state index contributed by atoms with van der Waals surface area (Å²) in [6.07, 6.45) is 0. The van der Waals surface area contributed by atoms with Gasteiger partial charge in [-0.05, 0) is 29.8 Å². The third-order valence-electron chi connectivity index (χ3n) is 3.70. The molecule has 0 aliphatic carbocycles. The Bertz CT molecular complexity index is 1100. The maximum atomic E-state index is 12.6. The van der Waals surface area contributed by atoms with Crippen LogP contribution in [0.3, 0.4) is 0 Å². The number of hydrogen-bond donors (Lipinski definition) is 1. The molecular formula is C16H17N3O4S2. The Balaban J connectivity index is 1.96. The molecule has 0 amide bonds. The summed E-state index contributed by atoms with van der Waals surface area (Å²) in [4.78, 5) is 6.95. The molecule has 9 heteroatoms. The summed E-state index contributed by atoms with van der Waals surface area (Å²) in [5.74, 6) is -0.344. The van der Waals surface area contributed by atoms with Crippen LogP contribution in [-0.4, -0.2) is 45.2 Å². The second-order valence-electron chi connectivity index (χ2n) is 5.75. The van der Waals surface area contributed by atoms with Gasteiger partial charge in [0.25, 0.3) is 0 Å². The zero-order valence-electron chi connectivity index (χ0n) is 13.7. The minimum absolute atomic E-state index is 0.0507. The molecule has 0 atom stereocenters. The second-order valence-corrected chi connectivity index (χ2v) is 9.81. The number of fused-ring (bicyclic) bond motifs is 1. The first kappa shape index (κ1) is 17.6. The van der Waals surface area contributed by atoms with Crippen molar-refractivity contribution >= 4 is 30.9 Å². The highest BCUT2D eigenvalue weighted by molar-refractivity contribution is 7.90. The Morgan fingerprint density at radius 1 is 1.00 bits per heavy atom. The van der Waals surface area contributed by atoms with Crippen LogP contribution in [0.15, 0.2) is 58.6 Å². The number of imidazole rings is 1. The summed E-state index contributed by atoms with van der Waals surface area (Å²) in [6.45, 7) is 0. The molecule has 132 valence electrons. The van der Waals surface area contributed by atoms with E-state index in [0.717, 1.165) is 4.31 Å². The molecular weight excluding hydrogens is 362 g/mol. The third-order valence-corrected chi connectivity index (χ3v) is 7.00. The SMILES string of the molecule is CN(C)S(=O)(=O)c1cccc(CS(=O)(=O)c2nc3ccccc3[nH]2)c1. The van der Waals surface area contributed by atoms with Crippen LogP contribution in [0.25, 0.3) is 11.0 Å². The van der Waals surface area contributed by atoms with Crippen molar-refractivity contribution in [1.82, 2.24) is 14.3 Å². The minimum Gasteiger partial charge on any atom is -0.329 e. The summed E-state index contributed by atoms with van der Waals surface area (Å²) < 4.78 is 50.7. The van der Waals surface area contributed by atoms with E-state index in [0.29, 0.717) is 16.6 Å². The Kier molecular flexibility index (Phi) is 4.40. The molecule has 0 aliphatic heterocycles. The highest BCUT2D eigenvalue weighted by atomic mass is 32.2. The van der Waals surface area contributed by atoms with Gasteiger partial charge in [0.2, 0.25) is 25.0 Å². The molecule has 2 aromatic carbocycles. The van der Waals surface area contributed by atoms with Gasteiger partial charge in [0, 0.05) is 14.1 Å². The largest absolute Gasteiger partial charge is 0.329 e. The monoisotopic (exact) mass is 379 g/mol. The molecule has 1 N–H and O–H groups in total. The van der Waals surface area contributed by atoms with Gasteiger partial charge in [-0.1, -0.05) is 24.3 Å². The van der Waals surface area contributed by atoms with Gasteiger partial charge in [-0.15, -0.1) is 0 Å². The number of sulfone groups is 1. The first-order valence-corrected chi connectivity index (χ1v) is 10.5. The Morgan fingerprint density at radius 2 is 1.72 bits per heavy atom. The molecule has 3 aromatic rings. The van der Waals surface area contributed by atoms with Crippen molar-refractivity contribution in [2.45, 2.75) is 15.8 Å². The topological polar surface area (TPSA) is 100 Å². The fourth-order valence-corrected chi connectivity index (χ4v) is 4.60. The van der Waals surface area contributed by atoms with E-state index in [9.17, 15) is 16.8 Å². The van der Waals surface area contributed by atoms with E-state index in [1.807, 2.05) is 0 Å². The highest BCUT2D eigenvalue weighted by Gasteiger charge is 2.22. The second kappa shape index (κ2) is 6.25. The van der Waals surface area contributed by atoms with Gasteiger partial charge in [0.05, 0.1) is 21.7 Å². The number of nitrogens with zero attached hydrogens (tertiary/aromatic N) is 2. The number of benzene rings is 2. The van der Waals surface area contributed by atoms with Crippen molar-refractivity contribution < 1.29 is 16.8 Å². The van der Waals surface area contributed by atoms with Crippen LogP contribution < -0.4 is 0 Å². The molecule has 0 spiro atoms. The maximum Gasteiger partial charge on any atom is 0.242 e. The first-order valence-electron chi connectivity index (χ1n) is 7.39. The zero-order valence-corrected chi connectivity index (χ0v) is 15.3. The quantitative estimate of drug-likeness (QED) is 0.728. The molecule has 0 bridgehead atoms. The van der Waals surface area contributed by atoms with Gasteiger partial charge in [0.15, 0.2) is 0 Å². The molecule has 0 aliphatic rings. The van der Waals surface area contributed by atoms with Gasteiger partial charge in [-0.25, -0.2) is 26.1 Å². The number of nitrogens with one attached hydrogen (secondary N) is 1. The van der Waals surface area contributed by atoms with Crippen LogP contribution in [0.5, 0.6) is 0 Å². The van der Waals surface area contributed by atoms with Crippen LogP contribution in [-0.2, 0) is 25.6 Å². The van der Waals surface area contributed by atoms with E-state index >= 15 is 0 Å². The lowest BCUT2D eigenvalue weighted by molar-refractivity contribution is 0.520. The smallest absolute Gasteiger partial charge is 0.242 e.